The summed E-state index contributed by atoms with van der Waals surface area (Å²) >= 11 is 0. The van der Waals surface area contributed by atoms with Gasteiger partial charge >= 0.3 is 0 Å². The summed E-state index contributed by atoms with van der Waals surface area (Å²) in [6.07, 6.45) is 3.55. The van der Waals surface area contributed by atoms with Gasteiger partial charge in [-0.05, 0) is 50.8 Å². The Hall–Kier alpha value is -0.860. The molecular formula is C15H23NO. The molecule has 0 unspecified atom stereocenters. The van der Waals surface area contributed by atoms with Crippen LogP contribution in [0.2, 0.25) is 0 Å². The molecule has 0 saturated carbocycles. The molecule has 0 amide bonds. The SMILES string of the molecule is C[C@H](O)CN1CCC(Cc2ccccc2)CC1. The van der Waals surface area contributed by atoms with Gasteiger partial charge in [-0.25, -0.2) is 0 Å². The Bertz CT molecular complexity index is 315. The number of β-amino-alcohol motifs (C(OH)–C–C–N with tert-alkyl or cyclic N) is 1. The Morgan fingerprint density at radius 3 is 2.47 bits per heavy atom. The first-order chi connectivity index (χ1) is 8.24. The van der Waals surface area contributed by atoms with Crippen LogP contribution in [0.15, 0.2) is 30.3 Å². The number of aliphatic hydroxyl groups excluding tert-OH is 1. The van der Waals surface area contributed by atoms with E-state index in [0.29, 0.717) is 0 Å². The van der Waals surface area contributed by atoms with E-state index < -0.39 is 0 Å². The van der Waals surface area contributed by atoms with Crippen LogP contribution >= 0.6 is 0 Å². The van der Waals surface area contributed by atoms with Gasteiger partial charge in [0, 0.05) is 6.54 Å². The molecule has 2 nitrogen and oxygen atoms in total. The maximum absolute atomic E-state index is 9.36. The quantitative estimate of drug-likeness (QED) is 0.862. The fourth-order valence-corrected chi connectivity index (χ4v) is 2.69. The largest absolute Gasteiger partial charge is 0.392 e. The number of rotatable bonds is 4. The number of hydrogen-bond donors (Lipinski definition) is 1. The Labute approximate surface area is 104 Å². The van der Waals surface area contributed by atoms with Crippen LogP contribution in [0.25, 0.3) is 0 Å². The zero-order chi connectivity index (χ0) is 12.1. The number of benzene rings is 1. The van der Waals surface area contributed by atoms with Crippen LogP contribution < -0.4 is 0 Å². The molecule has 2 heteroatoms. The van der Waals surface area contributed by atoms with Crippen molar-refractivity contribution in [1.29, 1.82) is 0 Å². The van der Waals surface area contributed by atoms with Crippen LogP contribution in [-0.2, 0) is 6.42 Å². The van der Waals surface area contributed by atoms with Crippen molar-refractivity contribution in [2.75, 3.05) is 19.6 Å². The molecule has 1 atom stereocenters. The summed E-state index contributed by atoms with van der Waals surface area (Å²) in [4.78, 5) is 2.38. The lowest BCUT2D eigenvalue weighted by Crippen LogP contribution is -2.38. The Morgan fingerprint density at radius 2 is 1.88 bits per heavy atom. The molecule has 1 N–H and O–H groups in total. The number of piperidine rings is 1. The van der Waals surface area contributed by atoms with Crippen LogP contribution in [0.3, 0.4) is 0 Å². The molecular weight excluding hydrogens is 210 g/mol. The van der Waals surface area contributed by atoms with Crippen LogP contribution in [0, 0.1) is 5.92 Å². The Balaban J connectivity index is 1.76. The molecule has 0 aliphatic carbocycles. The third-order valence-corrected chi connectivity index (χ3v) is 3.60. The molecule has 2 rings (SSSR count). The molecule has 17 heavy (non-hydrogen) atoms. The molecule has 0 radical (unpaired) electrons. The lowest BCUT2D eigenvalue weighted by molar-refractivity contribution is 0.100. The summed E-state index contributed by atoms with van der Waals surface area (Å²) in [6.45, 7) is 4.99. The minimum absolute atomic E-state index is 0.194. The van der Waals surface area contributed by atoms with E-state index in [1.807, 2.05) is 6.92 Å². The smallest absolute Gasteiger partial charge is 0.0639 e. The Morgan fingerprint density at radius 1 is 1.24 bits per heavy atom. The minimum Gasteiger partial charge on any atom is -0.392 e. The molecule has 0 bridgehead atoms. The monoisotopic (exact) mass is 233 g/mol. The number of hydrogen-bond acceptors (Lipinski definition) is 2. The Kier molecular flexibility index (Phi) is 4.57. The first-order valence-corrected chi connectivity index (χ1v) is 6.68. The fourth-order valence-electron chi connectivity index (χ4n) is 2.69. The molecule has 1 aliphatic rings. The van der Waals surface area contributed by atoms with Gasteiger partial charge in [0.2, 0.25) is 0 Å². The topological polar surface area (TPSA) is 23.5 Å². The van der Waals surface area contributed by atoms with Gasteiger partial charge in [-0.1, -0.05) is 30.3 Å². The molecule has 1 aromatic carbocycles. The highest BCUT2D eigenvalue weighted by Crippen LogP contribution is 2.21. The number of aliphatic hydroxyl groups is 1. The average molecular weight is 233 g/mol. The highest BCUT2D eigenvalue weighted by molar-refractivity contribution is 5.15. The summed E-state index contributed by atoms with van der Waals surface area (Å²) < 4.78 is 0. The van der Waals surface area contributed by atoms with Crippen LogP contribution in [0.5, 0.6) is 0 Å². The highest BCUT2D eigenvalue weighted by atomic mass is 16.3. The van der Waals surface area contributed by atoms with E-state index in [1.54, 1.807) is 0 Å². The van der Waals surface area contributed by atoms with Gasteiger partial charge in [0.25, 0.3) is 0 Å². The standard InChI is InChI=1S/C15H23NO/c1-13(17)12-16-9-7-15(8-10-16)11-14-5-3-2-4-6-14/h2-6,13,15,17H,7-12H2,1H3/t13-/m0/s1. The minimum atomic E-state index is -0.194. The first-order valence-electron chi connectivity index (χ1n) is 6.68. The van der Waals surface area contributed by atoms with Gasteiger partial charge in [0.05, 0.1) is 6.10 Å². The molecule has 1 aliphatic heterocycles. The van der Waals surface area contributed by atoms with E-state index >= 15 is 0 Å². The lowest BCUT2D eigenvalue weighted by Gasteiger charge is -2.32. The molecule has 1 saturated heterocycles. The predicted molar refractivity (Wildman–Crippen MR) is 71.0 cm³/mol. The zero-order valence-electron chi connectivity index (χ0n) is 10.7. The summed E-state index contributed by atoms with van der Waals surface area (Å²) in [5, 5.41) is 9.36. The van der Waals surface area contributed by atoms with Crippen molar-refractivity contribution in [1.82, 2.24) is 4.90 Å². The third-order valence-electron chi connectivity index (χ3n) is 3.60. The van der Waals surface area contributed by atoms with Crippen molar-refractivity contribution >= 4 is 0 Å². The molecule has 94 valence electrons. The molecule has 1 heterocycles. The highest BCUT2D eigenvalue weighted by Gasteiger charge is 2.19. The van der Waals surface area contributed by atoms with Crippen LogP contribution in [0.1, 0.15) is 25.3 Å². The summed E-state index contributed by atoms with van der Waals surface area (Å²) in [6, 6.07) is 10.8. The van der Waals surface area contributed by atoms with Crippen LogP contribution in [0.4, 0.5) is 0 Å². The molecule has 1 fully saturated rings. The van der Waals surface area contributed by atoms with Crippen molar-refractivity contribution in [3.8, 4) is 0 Å². The van der Waals surface area contributed by atoms with E-state index in [2.05, 4.69) is 35.2 Å². The van der Waals surface area contributed by atoms with E-state index in [1.165, 1.54) is 24.8 Å². The van der Waals surface area contributed by atoms with Gasteiger partial charge < -0.3 is 10.0 Å². The summed E-state index contributed by atoms with van der Waals surface area (Å²) in [5.41, 5.74) is 1.46. The van der Waals surface area contributed by atoms with Crippen molar-refractivity contribution < 1.29 is 5.11 Å². The van der Waals surface area contributed by atoms with Crippen LogP contribution in [-0.4, -0.2) is 35.7 Å². The van der Waals surface area contributed by atoms with E-state index in [9.17, 15) is 5.11 Å². The molecule has 1 aromatic rings. The summed E-state index contributed by atoms with van der Waals surface area (Å²) in [7, 11) is 0. The normalized spacial score (nSPS) is 20.4. The first kappa shape index (κ1) is 12.6. The van der Waals surface area contributed by atoms with Crippen molar-refractivity contribution in [3.05, 3.63) is 35.9 Å². The van der Waals surface area contributed by atoms with Gasteiger partial charge in [-0.2, -0.15) is 0 Å². The van der Waals surface area contributed by atoms with Gasteiger partial charge in [0.1, 0.15) is 0 Å². The molecule has 0 spiro atoms. The second kappa shape index (κ2) is 6.18. The van der Waals surface area contributed by atoms with E-state index in [4.69, 9.17) is 0 Å². The molecule has 0 aromatic heterocycles. The second-order valence-corrected chi connectivity index (χ2v) is 5.28. The summed E-state index contributed by atoms with van der Waals surface area (Å²) in [5.74, 6) is 0.822. The van der Waals surface area contributed by atoms with Gasteiger partial charge in [-0.3, -0.25) is 0 Å². The number of nitrogens with zero attached hydrogens (tertiary/aromatic N) is 1. The van der Waals surface area contributed by atoms with Gasteiger partial charge in [0.15, 0.2) is 0 Å². The maximum atomic E-state index is 9.36. The predicted octanol–water partition coefficient (Wildman–Crippen LogP) is 2.32. The van der Waals surface area contributed by atoms with E-state index in [-0.39, 0.29) is 6.10 Å². The lowest BCUT2D eigenvalue weighted by atomic mass is 9.90. The zero-order valence-corrected chi connectivity index (χ0v) is 10.7. The number of likely N-dealkylation sites (tertiary alicyclic amines) is 1. The third kappa shape index (κ3) is 4.14. The van der Waals surface area contributed by atoms with Crippen molar-refractivity contribution in [2.45, 2.75) is 32.3 Å². The van der Waals surface area contributed by atoms with Crippen molar-refractivity contribution in [2.24, 2.45) is 5.92 Å². The van der Waals surface area contributed by atoms with E-state index in [0.717, 1.165) is 25.6 Å². The average Bonchev–Trinajstić information content (AvgIpc) is 2.32. The second-order valence-electron chi connectivity index (χ2n) is 5.28. The van der Waals surface area contributed by atoms with Crippen molar-refractivity contribution in [3.63, 3.8) is 0 Å². The maximum Gasteiger partial charge on any atom is 0.0639 e. The fraction of sp³-hybridized carbons (Fsp3) is 0.600. The van der Waals surface area contributed by atoms with Gasteiger partial charge in [-0.15, -0.1) is 0 Å².